The smallest absolute Gasteiger partial charge is 0.306 e. The summed E-state index contributed by atoms with van der Waals surface area (Å²) in [7, 11) is 1.74. The summed E-state index contributed by atoms with van der Waals surface area (Å²) >= 11 is 0. The lowest BCUT2D eigenvalue weighted by Gasteiger charge is -2.10. The lowest BCUT2D eigenvalue weighted by Crippen LogP contribution is -2.05. The van der Waals surface area contributed by atoms with Gasteiger partial charge in [0.1, 0.15) is 11.3 Å². The zero-order chi connectivity index (χ0) is 17.1. The van der Waals surface area contributed by atoms with E-state index in [0.717, 1.165) is 12.1 Å². The number of fused-ring (bicyclic) bond motifs is 3. The van der Waals surface area contributed by atoms with Crippen LogP contribution < -0.4 is 0 Å². The molecule has 24 heavy (non-hydrogen) atoms. The zero-order valence-electron chi connectivity index (χ0n) is 12.5. The van der Waals surface area contributed by atoms with Crippen molar-refractivity contribution in [2.24, 2.45) is 7.05 Å². The highest BCUT2D eigenvalue weighted by molar-refractivity contribution is 6.06. The Morgan fingerprint density at radius 1 is 0.958 bits per heavy atom. The van der Waals surface area contributed by atoms with Crippen LogP contribution in [0.4, 0.5) is 17.6 Å². The Morgan fingerprint density at radius 3 is 2.33 bits per heavy atom. The van der Waals surface area contributed by atoms with Crippen LogP contribution in [0, 0.1) is 5.82 Å². The number of nitrogens with zero attached hydrogens (tertiary/aromatic N) is 3. The molecule has 0 fully saturated rings. The zero-order valence-corrected chi connectivity index (χ0v) is 12.5. The first kappa shape index (κ1) is 14.7. The molecular formula is C17H11F4N3. The third-order valence-corrected chi connectivity index (χ3v) is 3.96. The van der Waals surface area contributed by atoms with Crippen LogP contribution in [0.3, 0.4) is 0 Å². The van der Waals surface area contributed by atoms with E-state index in [1.807, 2.05) is 0 Å². The van der Waals surface area contributed by atoms with Gasteiger partial charge in [-0.25, -0.2) is 4.39 Å². The van der Waals surface area contributed by atoms with Crippen LogP contribution in [0.5, 0.6) is 0 Å². The van der Waals surface area contributed by atoms with E-state index in [-0.39, 0.29) is 5.82 Å². The van der Waals surface area contributed by atoms with Crippen molar-refractivity contribution in [1.82, 2.24) is 14.3 Å². The summed E-state index contributed by atoms with van der Waals surface area (Å²) in [6.07, 6.45) is -2.63. The molecule has 4 aromatic rings. The Hall–Kier alpha value is -2.83. The van der Waals surface area contributed by atoms with Gasteiger partial charge in [0, 0.05) is 24.3 Å². The summed E-state index contributed by atoms with van der Waals surface area (Å²) in [6.45, 7) is 0. The maximum atomic E-state index is 13.6. The van der Waals surface area contributed by atoms with Crippen LogP contribution in [0.25, 0.3) is 27.6 Å². The van der Waals surface area contributed by atoms with Crippen molar-refractivity contribution in [2.75, 3.05) is 0 Å². The third-order valence-electron chi connectivity index (χ3n) is 3.96. The second-order valence-corrected chi connectivity index (χ2v) is 5.58. The molecule has 7 heteroatoms. The van der Waals surface area contributed by atoms with Gasteiger partial charge in [-0.15, -0.1) is 0 Å². The maximum absolute atomic E-state index is 13.6. The van der Waals surface area contributed by atoms with Crippen LogP contribution in [0.15, 0.2) is 48.7 Å². The Morgan fingerprint density at radius 2 is 1.67 bits per heavy atom. The quantitative estimate of drug-likeness (QED) is 0.464. The molecule has 2 heterocycles. The molecule has 0 N–H and O–H groups in total. The Bertz CT molecular complexity index is 1060. The number of rotatable bonds is 1. The van der Waals surface area contributed by atoms with Crippen LogP contribution in [0.2, 0.25) is 0 Å². The second kappa shape index (κ2) is 4.83. The van der Waals surface area contributed by atoms with Crippen molar-refractivity contribution in [3.05, 3.63) is 60.0 Å². The fraction of sp³-hybridized carbons (Fsp3) is 0.118. The summed E-state index contributed by atoms with van der Waals surface area (Å²) in [5, 5.41) is 4.95. The molecule has 0 spiro atoms. The first-order valence-corrected chi connectivity index (χ1v) is 7.15. The van der Waals surface area contributed by atoms with Gasteiger partial charge in [-0.05, 0) is 42.5 Å². The normalized spacial score (nSPS) is 12.4. The SMILES string of the molecule is Cn1cc2c(n1)c1cc(F)ccc1n2-c1ccc(C(F)(F)F)cc1. The van der Waals surface area contributed by atoms with Gasteiger partial charge < -0.3 is 4.57 Å². The van der Waals surface area contributed by atoms with Crippen LogP contribution in [-0.4, -0.2) is 14.3 Å². The summed E-state index contributed by atoms with van der Waals surface area (Å²) < 4.78 is 55.2. The highest BCUT2D eigenvalue weighted by Crippen LogP contribution is 2.33. The van der Waals surface area contributed by atoms with Crippen molar-refractivity contribution in [3.8, 4) is 5.69 Å². The van der Waals surface area contributed by atoms with Gasteiger partial charge in [0.05, 0.1) is 16.6 Å². The van der Waals surface area contributed by atoms with Crippen molar-refractivity contribution in [1.29, 1.82) is 0 Å². The molecule has 0 radical (unpaired) electrons. The van der Waals surface area contributed by atoms with Gasteiger partial charge in [0.15, 0.2) is 0 Å². The molecule has 2 aromatic heterocycles. The molecule has 0 amide bonds. The van der Waals surface area contributed by atoms with Crippen LogP contribution in [0.1, 0.15) is 5.56 Å². The molecule has 0 atom stereocenters. The number of halogens is 4. The molecule has 4 rings (SSSR count). The van der Waals surface area contributed by atoms with Gasteiger partial charge in [-0.1, -0.05) is 0 Å². The van der Waals surface area contributed by atoms with E-state index in [2.05, 4.69) is 5.10 Å². The summed E-state index contributed by atoms with van der Waals surface area (Å²) in [5.41, 5.74) is 1.85. The molecular weight excluding hydrogens is 322 g/mol. The van der Waals surface area contributed by atoms with Crippen LogP contribution in [-0.2, 0) is 13.2 Å². The molecule has 0 aliphatic rings. The molecule has 0 saturated heterocycles. The van der Waals surface area contributed by atoms with E-state index in [9.17, 15) is 17.6 Å². The Labute approximate surface area is 133 Å². The molecule has 3 nitrogen and oxygen atoms in total. The van der Waals surface area contributed by atoms with Gasteiger partial charge in [0.25, 0.3) is 0 Å². The summed E-state index contributed by atoms with van der Waals surface area (Å²) in [5.74, 6) is -0.389. The van der Waals surface area contributed by atoms with Crippen molar-refractivity contribution in [3.63, 3.8) is 0 Å². The minimum Gasteiger partial charge on any atom is -0.306 e. The first-order valence-electron chi connectivity index (χ1n) is 7.15. The average molecular weight is 333 g/mol. The standard InChI is InChI=1S/C17H11F4N3/c1-23-9-15-16(22-23)13-8-11(18)4-7-14(13)24(15)12-5-2-10(3-6-12)17(19,20)21/h2-9H,1H3. The number of aryl methyl sites for hydroxylation is 1. The topological polar surface area (TPSA) is 22.8 Å². The first-order chi connectivity index (χ1) is 11.3. The minimum absolute atomic E-state index is 0.389. The molecule has 2 aromatic carbocycles. The van der Waals surface area contributed by atoms with Gasteiger partial charge in [-0.3, -0.25) is 4.68 Å². The van der Waals surface area contributed by atoms with E-state index < -0.39 is 11.7 Å². The number of aromatic nitrogens is 3. The lowest BCUT2D eigenvalue weighted by molar-refractivity contribution is -0.137. The average Bonchev–Trinajstić information content (AvgIpc) is 3.02. The third kappa shape index (κ3) is 2.16. The molecule has 0 unspecified atom stereocenters. The van der Waals surface area contributed by atoms with Crippen molar-refractivity contribution in [2.45, 2.75) is 6.18 Å². The lowest BCUT2D eigenvalue weighted by atomic mass is 10.2. The molecule has 122 valence electrons. The van der Waals surface area contributed by atoms with Gasteiger partial charge in [0.2, 0.25) is 0 Å². The van der Waals surface area contributed by atoms with E-state index in [4.69, 9.17) is 0 Å². The molecule has 0 bridgehead atoms. The second-order valence-electron chi connectivity index (χ2n) is 5.58. The highest BCUT2D eigenvalue weighted by Gasteiger charge is 2.30. The number of benzene rings is 2. The van der Waals surface area contributed by atoms with E-state index >= 15 is 0 Å². The Balaban J connectivity index is 2.01. The monoisotopic (exact) mass is 333 g/mol. The Kier molecular flexibility index (Phi) is 2.97. The molecule has 0 saturated carbocycles. The maximum Gasteiger partial charge on any atom is 0.416 e. The molecule has 0 aliphatic heterocycles. The van der Waals surface area contributed by atoms with E-state index in [1.54, 1.807) is 28.6 Å². The largest absolute Gasteiger partial charge is 0.416 e. The number of hydrogen-bond acceptors (Lipinski definition) is 1. The van der Waals surface area contributed by atoms with Gasteiger partial charge in [-0.2, -0.15) is 18.3 Å². The summed E-state index contributed by atoms with van der Waals surface area (Å²) in [4.78, 5) is 0. The predicted molar refractivity (Wildman–Crippen MR) is 82.5 cm³/mol. The molecule has 0 aliphatic carbocycles. The van der Waals surface area contributed by atoms with Gasteiger partial charge >= 0.3 is 6.18 Å². The fourth-order valence-corrected chi connectivity index (χ4v) is 2.93. The highest BCUT2D eigenvalue weighted by atomic mass is 19.4. The number of alkyl halides is 3. The predicted octanol–water partition coefficient (Wildman–Crippen LogP) is 4.68. The van der Waals surface area contributed by atoms with Crippen LogP contribution >= 0.6 is 0 Å². The fourth-order valence-electron chi connectivity index (χ4n) is 2.93. The summed E-state index contributed by atoms with van der Waals surface area (Å²) in [6, 6.07) is 9.17. The minimum atomic E-state index is -4.38. The number of hydrogen-bond donors (Lipinski definition) is 0. The van der Waals surface area contributed by atoms with E-state index in [1.165, 1.54) is 24.3 Å². The van der Waals surface area contributed by atoms with Crippen molar-refractivity contribution >= 4 is 21.9 Å². The van der Waals surface area contributed by atoms with E-state index in [0.29, 0.717) is 27.6 Å². The van der Waals surface area contributed by atoms with Crippen molar-refractivity contribution < 1.29 is 17.6 Å².